The summed E-state index contributed by atoms with van der Waals surface area (Å²) in [5, 5.41) is 4.88. The summed E-state index contributed by atoms with van der Waals surface area (Å²) in [6.45, 7) is 5.01. The van der Waals surface area contributed by atoms with Crippen molar-refractivity contribution in [1.82, 2.24) is 10.3 Å². The first kappa shape index (κ1) is 16.0. The first-order valence-electron chi connectivity index (χ1n) is 7.33. The smallest absolute Gasteiger partial charge is 0.252 e. The predicted molar refractivity (Wildman–Crippen MR) is 90.9 cm³/mol. The summed E-state index contributed by atoms with van der Waals surface area (Å²) in [7, 11) is 0. The van der Waals surface area contributed by atoms with Gasteiger partial charge in [0.1, 0.15) is 0 Å². The zero-order valence-corrected chi connectivity index (χ0v) is 14.1. The average Bonchev–Trinajstić information content (AvgIpc) is 2.56. The van der Waals surface area contributed by atoms with E-state index in [1.54, 1.807) is 12.3 Å². The Morgan fingerprint density at radius 3 is 2.62 bits per heavy atom. The molecule has 1 N–H and O–H groups in total. The maximum atomic E-state index is 12.5. The molecule has 0 saturated heterocycles. The molecule has 0 saturated carbocycles. The first-order chi connectivity index (χ1) is 10.2. The van der Waals surface area contributed by atoms with Crippen LogP contribution in [0.5, 0.6) is 0 Å². The number of para-hydroxylation sites is 1. The van der Waals surface area contributed by atoms with Gasteiger partial charge in [0.15, 0.2) is 0 Å². The maximum absolute atomic E-state index is 12.5. The van der Waals surface area contributed by atoms with Crippen LogP contribution in [0.25, 0.3) is 10.9 Å². The Balaban J connectivity index is 2.20. The minimum atomic E-state index is -0.0270. The topological polar surface area (TPSA) is 42.0 Å². The molecule has 1 amide bonds. The van der Waals surface area contributed by atoms with E-state index in [1.165, 1.54) is 0 Å². The normalized spacial score (nSPS) is 11.6. The zero-order valence-electron chi connectivity index (χ0n) is 12.5. The van der Waals surface area contributed by atoms with Gasteiger partial charge in [-0.25, -0.2) is 0 Å². The molecule has 21 heavy (non-hydrogen) atoms. The Morgan fingerprint density at radius 2 is 1.95 bits per heavy atom. The monoisotopic (exact) mass is 348 g/mol. The van der Waals surface area contributed by atoms with Gasteiger partial charge in [-0.15, -0.1) is 0 Å². The molecule has 0 aliphatic heterocycles. The lowest BCUT2D eigenvalue weighted by atomic mass is 9.84. The number of benzene rings is 1. The van der Waals surface area contributed by atoms with Crippen LogP contribution in [0.4, 0.5) is 0 Å². The van der Waals surface area contributed by atoms with Gasteiger partial charge in [0.25, 0.3) is 5.91 Å². The lowest BCUT2D eigenvalue weighted by molar-refractivity contribution is 0.0934. The second-order valence-corrected chi connectivity index (χ2v) is 5.96. The molecule has 1 heterocycles. The van der Waals surface area contributed by atoms with Crippen LogP contribution in [0.1, 0.15) is 37.0 Å². The Kier molecular flexibility index (Phi) is 5.34. The third-order valence-electron chi connectivity index (χ3n) is 4.30. The van der Waals surface area contributed by atoms with Crippen molar-refractivity contribution >= 4 is 32.7 Å². The van der Waals surface area contributed by atoms with Crippen molar-refractivity contribution < 1.29 is 4.79 Å². The molecule has 0 spiro atoms. The number of hydrogen-bond acceptors (Lipinski definition) is 2. The molecule has 0 aliphatic rings. The molecule has 0 radical (unpaired) electrons. The molecule has 112 valence electrons. The van der Waals surface area contributed by atoms with Crippen molar-refractivity contribution in [2.45, 2.75) is 26.7 Å². The molecule has 0 unspecified atom stereocenters. The van der Waals surface area contributed by atoms with Crippen LogP contribution in [-0.4, -0.2) is 22.8 Å². The highest BCUT2D eigenvalue weighted by atomic mass is 79.9. The Labute approximate surface area is 134 Å². The standard InChI is InChI=1S/C17H21BrN2O/c1-3-17(4-2,11-18)12-20-16(21)14-9-10-19-15-8-6-5-7-13(14)15/h5-10H,3-4,11-12H2,1-2H3,(H,20,21). The van der Waals surface area contributed by atoms with Crippen molar-refractivity contribution in [3.8, 4) is 0 Å². The summed E-state index contributed by atoms with van der Waals surface area (Å²) in [5.41, 5.74) is 1.66. The number of rotatable bonds is 6. The van der Waals surface area contributed by atoms with Gasteiger partial charge in [0.05, 0.1) is 11.1 Å². The van der Waals surface area contributed by atoms with Crippen LogP contribution in [-0.2, 0) is 0 Å². The van der Waals surface area contributed by atoms with Crippen LogP contribution in [0.3, 0.4) is 0 Å². The van der Waals surface area contributed by atoms with E-state index in [2.05, 4.69) is 40.1 Å². The zero-order chi connectivity index (χ0) is 15.3. The second kappa shape index (κ2) is 7.03. The van der Waals surface area contributed by atoms with E-state index in [-0.39, 0.29) is 11.3 Å². The lowest BCUT2D eigenvalue weighted by Gasteiger charge is -2.29. The third kappa shape index (κ3) is 3.43. The van der Waals surface area contributed by atoms with Crippen molar-refractivity contribution in [3.63, 3.8) is 0 Å². The quantitative estimate of drug-likeness (QED) is 0.796. The number of fused-ring (bicyclic) bond motifs is 1. The van der Waals surface area contributed by atoms with E-state index in [4.69, 9.17) is 0 Å². The highest BCUT2D eigenvalue weighted by Gasteiger charge is 2.25. The van der Waals surface area contributed by atoms with Gasteiger partial charge in [-0.3, -0.25) is 9.78 Å². The van der Waals surface area contributed by atoms with Crippen LogP contribution in [0, 0.1) is 5.41 Å². The number of pyridine rings is 1. The molecular formula is C17H21BrN2O. The summed E-state index contributed by atoms with van der Waals surface area (Å²) in [6, 6.07) is 9.51. The maximum Gasteiger partial charge on any atom is 0.252 e. The minimum absolute atomic E-state index is 0.0270. The highest BCUT2D eigenvalue weighted by Crippen LogP contribution is 2.28. The predicted octanol–water partition coefficient (Wildman–Crippen LogP) is 4.17. The van der Waals surface area contributed by atoms with Gasteiger partial charge in [0, 0.05) is 23.5 Å². The van der Waals surface area contributed by atoms with E-state index in [0.717, 1.165) is 29.1 Å². The number of nitrogens with zero attached hydrogens (tertiary/aromatic N) is 1. The number of aromatic nitrogens is 1. The van der Waals surface area contributed by atoms with Crippen LogP contribution >= 0.6 is 15.9 Å². The molecule has 1 aromatic carbocycles. The van der Waals surface area contributed by atoms with E-state index < -0.39 is 0 Å². The van der Waals surface area contributed by atoms with Gasteiger partial charge < -0.3 is 5.32 Å². The van der Waals surface area contributed by atoms with Gasteiger partial charge in [0.2, 0.25) is 0 Å². The highest BCUT2D eigenvalue weighted by molar-refractivity contribution is 9.09. The number of halogens is 1. The summed E-state index contributed by atoms with van der Waals surface area (Å²) in [6.07, 6.45) is 3.76. The molecule has 0 atom stereocenters. The first-order valence-corrected chi connectivity index (χ1v) is 8.46. The molecule has 0 aliphatic carbocycles. The number of carbonyl (C=O) groups is 1. The van der Waals surface area contributed by atoms with Gasteiger partial charge in [-0.2, -0.15) is 0 Å². The van der Waals surface area contributed by atoms with E-state index in [0.29, 0.717) is 12.1 Å². The molecule has 3 nitrogen and oxygen atoms in total. The summed E-state index contributed by atoms with van der Waals surface area (Å²) >= 11 is 3.58. The van der Waals surface area contributed by atoms with Gasteiger partial charge >= 0.3 is 0 Å². The van der Waals surface area contributed by atoms with Crippen molar-refractivity contribution in [1.29, 1.82) is 0 Å². The summed E-state index contributed by atoms with van der Waals surface area (Å²) in [5.74, 6) is -0.0270. The van der Waals surface area contributed by atoms with Crippen LogP contribution in [0.15, 0.2) is 36.5 Å². The summed E-state index contributed by atoms with van der Waals surface area (Å²) < 4.78 is 0. The van der Waals surface area contributed by atoms with Gasteiger partial charge in [-0.05, 0) is 30.4 Å². The van der Waals surface area contributed by atoms with Crippen molar-refractivity contribution in [2.24, 2.45) is 5.41 Å². The largest absolute Gasteiger partial charge is 0.351 e. The molecular weight excluding hydrogens is 328 g/mol. The van der Waals surface area contributed by atoms with E-state index in [9.17, 15) is 4.79 Å². The Hall–Kier alpha value is -1.42. The van der Waals surface area contributed by atoms with Crippen molar-refractivity contribution in [2.75, 3.05) is 11.9 Å². The van der Waals surface area contributed by atoms with Crippen LogP contribution in [0.2, 0.25) is 0 Å². The lowest BCUT2D eigenvalue weighted by Crippen LogP contribution is -2.38. The van der Waals surface area contributed by atoms with E-state index >= 15 is 0 Å². The number of hydrogen-bond donors (Lipinski definition) is 1. The van der Waals surface area contributed by atoms with Crippen LogP contribution < -0.4 is 5.32 Å². The molecule has 2 aromatic rings. The second-order valence-electron chi connectivity index (χ2n) is 5.40. The van der Waals surface area contributed by atoms with Gasteiger partial charge in [-0.1, -0.05) is 48.0 Å². The third-order valence-corrected chi connectivity index (χ3v) is 5.49. The molecule has 2 rings (SSSR count). The number of carbonyl (C=O) groups excluding carboxylic acids is 1. The molecule has 1 aromatic heterocycles. The Morgan fingerprint density at radius 1 is 1.24 bits per heavy atom. The number of alkyl halides is 1. The van der Waals surface area contributed by atoms with Crippen molar-refractivity contribution in [3.05, 3.63) is 42.1 Å². The Bertz CT molecular complexity index is 609. The average molecular weight is 349 g/mol. The SMILES string of the molecule is CCC(CC)(CBr)CNC(=O)c1ccnc2ccccc12. The number of nitrogens with one attached hydrogen (secondary N) is 1. The fraction of sp³-hybridized carbons (Fsp3) is 0.412. The fourth-order valence-corrected chi connectivity index (χ4v) is 3.38. The summed E-state index contributed by atoms with van der Waals surface area (Å²) in [4.78, 5) is 16.8. The number of amides is 1. The fourth-order valence-electron chi connectivity index (χ4n) is 2.39. The molecule has 0 bridgehead atoms. The van der Waals surface area contributed by atoms with E-state index in [1.807, 2.05) is 24.3 Å². The molecule has 0 fully saturated rings. The molecule has 4 heteroatoms. The minimum Gasteiger partial charge on any atom is -0.351 e.